The lowest BCUT2D eigenvalue weighted by atomic mass is 10.1. The Morgan fingerprint density at radius 1 is 1.12 bits per heavy atom. The van der Waals surface area contributed by atoms with E-state index in [1.807, 2.05) is 13.8 Å². The summed E-state index contributed by atoms with van der Waals surface area (Å²) in [6.07, 6.45) is 2.87. The Bertz CT molecular complexity index is 240. The smallest absolute Gasteiger partial charge is 0.149 e. The molecule has 0 spiro atoms. The highest BCUT2D eigenvalue weighted by atomic mass is 16.1. The molecule has 16 heavy (non-hydrogen) atoms. The molecule has 2 fully saturated rings. The number of carbonyl (C=O) groups excluding carboxylic acids is 1. The molecule has 0 N–H and O–H groups in total. The molecule has 1 saturated heterocycles. The van der Waals surface area contributed by atoms with Crippen molar-refractivity contribution >= 4 is 5.78 Å². The third-order valence-electron chi connectivity index (χ3n) is 3.70. The molecular weight excluding hydrogens is 200 g/mol. The number of ketones is 1. The summed E-state index contributed by atoms with van der Waals surface area (Å²) in [5.41, 5.74) is 0. The van der Waals surface area contributed by atoms with Gasteiger partial charge < -0.3 is 4.90 Å². The van der Waals surface area contributed by atoms with Gasteiger partial charge in [0.05, 0.1) is 6.54 Å². The maximum atomic E-state index is 11.6. The van der Waals surface area contributed by atoms with Crippen molar-refractivity contribution in [3.05, 3.63) is 0 Å². The van der Waals surface area contributed by atoms with E-state index in [9.17, 15) is 4.79 Å². The predicted octanol–water partition coefficient (Wildman–Crippen LogP) is 1.24. The first-order valence-corrected chi connectivity index (χ1v) is 6.62. The summed E-state index contributed by atoms with van der Waals surface area (Å²) in [5, 5.41) is 0. The molecule has 2 aliphatic rings. The molecule has 1 heterocycles. The van der Waals surface area contributed by atoms with Gasteiger partial charge in [-0.15, -0.1) is 0 Å². The van der Waals surface area contributed by atoms with E-state index in [1.165, 1.54) is 19.4 Å². The van der Waals surface area contributed by atoms with E-state index in [4.69, 9.17) is 0 Å². The molecule has 1 saturated carbocycles. The number of rotatable bonds is 5. The fourth-order valence-corrected chi connectivity index (χ4v) is 2.20. The molecule has 2 rings (SSSR count). The van der Waals surface area contributed by atoms with Gasteiger partial charge in [0.1, 0.15) is 5.78 Å². The fourth-order valence-electron chi connectivity index (χ4n) is 2.20. The van der Waals surface area contributed by atoms with E-state index in [0.29, 0.717) is 12.3 Å². The summed E-state index contributed by atoms with van der Waals surface area (Å²) in [7, 11) is 0. The minimum absolute atomic E-state index is 0.185. The van der Waals surface area contributed by atoms with Gasteiger partial charge in [0.15, 0.2) is 0 Å². The van der Waals surface area contributed by atoms with Crippen molar-refractivity contribution in [2.75, 3.05) is 39.3 Å². The average molecular weight is 224 g/mol. The van der Waals surface area contributed by atoms with Crippen molar-refractivity contribution in [1.29, 1.82) is 0 Å². The number of hydrogen-bond donors (Lipinski definition) is 0. The summed E-state index contributed by atoms with van der Waals surface area (Å²) in [4.78, 5) is 16.5. The summed E-state index contributed by atoms with van der Waals surface area (Å²) >= 11 is 0. The Kier molecular flexibility index (Phi) is 3.98. The van der Waals surface area contributed by atoms with E-state index < -0.39 is 0 Å². The van der Waals surface area contributed by atoms with Gasteiger partial charge in [-0.3, -0.25) is 9.69 Å². The molecule has 0 radical (unpaired) electrons. The van der Waals surface area contributed by atoms with Crippen molar-refractivity contribution in [3.63, 3.8) is 0 Å². The second kappa shape index (κ2) is 5.28. The minimum Gasteiger partial charge on any atom is -0.301 e. The van der Waals surface area contributed by atoms with Crippen LogP contribution < -0.4 is 0 Å². The lowest BCUT2D eigenvalue weighted by molar-refractivity contribution is -0.123. The average Bonchev–Trinajstić information content (AvgIpc) is 3.04. The zero-order valence-corrected chi connectivity index (χ0v) is 10.6. The Hall–Kier alpha value is -0.410. The van der Waals surface area contributed by atoms with E-state index in [1.54, 1.807) is 0 Å². The highest BCUT2D eigenvalue weighted by Crippen LogP contribution is 2.29. The zero-order valence-electron chi connectivity index (χ0n) is 10.6. The maximum Gasteiger partial charge on any atom is 0.149 e. The van der Waals surface area contributed by atoms with Crippen LogP contribution in [-0.2, 0) is 4.79 Å². The highest BCUT2D eigenvalue weighted by molar-refractivity contribution is 5.82. The number of nitrogens with zero attached hydrogens (tertiary/aromatic N) is 2. The molecule has 0 aromatic heterocycles. The van der Waals surface area contributed by atoms with E-state index in [-0.39, 0.29) is 5.92 Å². The fraction of sp³-hybridized carbons (Fsp3) is 0.923. The molecule has 1 aliphatic carbocycles. The van der Waals surface area contributed by atoms with Crippen LogP contribution in [0.2, 0.25) is 0 Å². The molecule has 1 aliphatic heterocycles. The lowest BCUT2D eigenvalue weighted by Gasteiger charge is -2.34. The van der Waals surface area contributed by atoms with Gasteiger partial charge in [0.2, 0.25) is 0 Å². The Labute approximate surface area is 98.8 Å². The molecule has 92 valence electrons. The molecule has 0 aromatic carbocycles. The van der Waals surface area contributed by atoms with Crippen LogP contribution in [0.1, 0.15) is 26.7 Å². The summed E-state index contributed by atoms with van der Waals surface area (Å²) in [6.45, 7) is 10.4. The van der Waals surface area contributed by atoms with Gasteiger partial charge in [0.25, 0.3) is 0 Å². The molecule has 3 heteroatoms. The third-order valence-corrected chi connectivity index (χ3v) is 3.70. The van der Waals surface area contributed by atoms with Crippen LogP contribution in [-0.4, -0.2) is 54.9 Å². The van der Waals surface area contributed by atoms with Crippen LogP contribution in [0, 0.1) is 11.8 Å². The van der Waals surface area contributed by atoms with E-state index in [0.717, 1.165) is 32.1 Å². The maximum absolute atomic E-state index is 11.6. The van der Waals surface area contributed by atoms with Crippen LogP contribution in [0.4, 0.5) is 0 Å². The van der Waals surface area contributed by atoms with E-state index >= 15 is 0 Å². The Morgan fingerprint density at radius 2 is 1.69 bits per heavy atom. The molecule has 0 atom stereocenters. The number of piperazine rings is 1. The van der Waals surface area contributed by atoms with Crippen LogP contribution in [0.15, 0.2) is 0 Å². The standard InChI is InChI=1S/C13H24N2O/c1-11(2)13(16)10-15-7-5-14(6-8-15)9-12-3-4-12/h11-12H,3-10H2,1-2H3. The number of hydrogen-bond acceptors (Lipinski definition) is 3. The molecule has 0 unspecified atom stereocenters. The van der Waals surface area contributed by atoms with Gasteiger partial charge in [-0.25, -0.2) is 0 Å². The highest BCUT2D eigenvalue weighted by Gasteiger charge is 2.26. The molecular formula is C13H24N2O. The molecule has 3 nitrogen and oxygen atoms in total. The summed E-state index contributed by atoms with van der Waals surface area (Å²) in [5.74, 6) is 1.56. The van der Waals surface area contributed by atoms with Crippen molar-refractivity contribution in [2.24, 2.45) is 11.8 Å². The van der Waals surface area contributed by atoms with E-state index in [2.05, 4.69) is 9.80 Å². The zero-order chi connectivity index (χ0) is 11.5. The summed E-state index contributed by atoms with van der Waals surface area (Å²) in [6, 6.07) is 0. The number of carbonyl (C=O) groups is 1. The molecule has 0 bridgehead atoms. The van der Waals surface area contributed by atoms with Gasteiger partial charge in [-0.1, -0.05) is 13.8 Å². The van der Waals surface area contributed by atoms with Crippen LogP contribution in [0.5, 0.6) is 0 Å². The second-order valence-electron chi connectivity index (χ2n) is 5.64. The van der Waals surface area contributed by atoms with Gasteiger partial charge >= 0.3 is 0 Å². The SMILES string of the molecule is CC(C)C(=O)CN1CCN(CC2CC2)CC1. The predicted molar refractivity (Wildman–Crippen MR) is 65.4 cm³/mol. The van der Waals surface area contributed by atoms with Crippen molar-refractivity contribution in [1.82, 2.24) is 9.80 Å². The van der Waals surface area contributed by atoms with Crippen molar-refractivity contribution < 1.29 is 4.79 Å². The summed E-state index contributed by atoms with van der Waals surface area (Å²) < 4.78 is 0. The quantitative estimate of drug-likeness (QED) is 0.702. The largest absolute Gasteiger partial charge is 0.301 e. The Balaban J connectivity index is 1.66. The van der Waals surface area contributed by atoms with Gasteiger partial charge in [-0.2, -0.15) is 0 Å². The minimum atomic E-state index is 0.185. The first-order valence-electron chi connectivity index (χ1n) is 6.62. The van der Waals surface area contributed by atoms with Crippen molar-refractivity contribution in [3.8, 4) is 0 Å². The topological polar surface area (TPSA) is 23.6 Å². The van der Waals surface area contributed by atoms with Crippen LogP contribution >= 0.6 is 0 Å². The Morgan fingerprint density at radius 3 is 2.19 bits per heavy atom. The first-order chi connectivity index (χ1) is 7.65. The van der Waals surface area contributed by atoms with Gasteiger partial charge in [-0.05, 0) is 18.8 Å². The number of Topliss-reactive ketones (excluding diaryl/α,β-unsaturated/α-hetero) is 1. The van der Waals surface area contributed by atoms with Crippen LogP contribution in [0.25, 0.3) is 0 Å². The van der Waals surface area contributed by atoms with Gasteiger partial charge in [0, 0.05) is 38.6 Å². The van der Waals surface area contributed by atoms with Crippen LogP contribution in [0.3, 0.4) is 0 Å². The monoisotopic (exact) mass is 224 g/mol. The normalized spacial score (nSPS) is 23.9. The lowest BCUT2D eigenvalue weighted by Crippen LogP contribution is -2.48. The second-order valence-corrected chi connectivity index (χ2v) is 5.64. The molecule has 0 aromatic rings. The third kappa shape index (κ3) is 3.56. The molecule has 0 amide bonds. The first kappa shape index (κ1) is 12.1. The van der Waals surface area contributed by atoms with Crippen molar-refractivity contribution in [2.45, 2.75) is 26.7 Å².